The molecule has 0 aromatic carbocycles. The highest BCUT2D eigenvalue weighted by molar-refractivity contribution is 5.04. The molecule has 2 N–H and O–H groups in total. The summed E-state index contributed by atoms with van der Waals surface area (Å²) in [5.41, 5.74) is 6.81. The lowest BCUT2D eigenvalue weighted by Crippen LogP contribution is -2.49. The highest BCUT2D eigenvalue weighted by Crippen LogP contribution is 2.54. The summed E-state index contributed by atoms with van der Waals surface area (Å²) in [5, 5.41) is 0. The quantitative estimate of drug-likeness (QED) is 0.794. The van der Waals surface area contributed by atoms with Crippen LogP contribution in [0.3, 0.4) is 0 Å². The summed E-state index contributed by atoms with van der Waals surface area (Å²) in [4.78, 5) is 2.83. The maximum absolute atomic E-state index is 6.13. The molecule has 2 unspecified atom stereocenters. The van der Waals surface area contributed by atoms with Crippen LogP contribution in [0.5, 0.6) is 0 Å². The molecule has 3 fully saturated rings. The van der Waals surface area contributed by atoms with E-state index in [9.17, 15) is 0 Å². The van der Waals surface area contributed by atoms with Crippen LogP contribution in [0.1, 0.15) is 52.4 Å². The van der Waals surface area contributed by atoms with Gasteiger partial charge >= 0.3 is 0 Å². The number of piperidine rings is 1. The monoisotopic (exact) mass is 222 g/mol. The molecule has 2 aliphatic heterocycles. The molecular weight excluding hydrogens is 196 g/mol. The second kappa shape index (κ2) is 3.71. The first-order valence-corrected chi connectivity index (χ1v) is 7.12. The van der Waals surface area contributed by atoms with Crippen LogP contribution in [0, 0.1) is 11.3 Å². The van der Waals surface area contributed by atoms with Crippen molar-refractivity contribution in [2.24, 2.45) is 17.1 Å². The largest absolute Gasteiger partial charge is 0.328 e. The molecule has 0 aromatic rings. The Kier molecular flexibility index (Phi) is 2.56. The van der Waals surface area contributed by atoms with Gasteiger partial charge in [-0.25, -0.2) is 0 Å². The molecule has 3 rings (SSSR count). The van der Waals surface area contributed by atoms with Crippen LogP contribution in [0.25, 0.3) is 0 Å². The lowest BCUT2D eigenvalue weighted by molar-refractivity contribution is 0.0871. The summed E-state index contributed by atoms with van der Waals surface area (Å²) in [6.45, 7) is 6.18. The van der Waals surface area contributed by atoms with Gasteiger partial charge in [0.2, 0.25) is 0 Å². The Balaban J connectivity index is 1.68. The highest BCUT2D eigenvalue weighted by Gasteiger charge is 2.50. The predicted octanol–water partition coefficient (Wildman–Crippen LogP) is 2.38. The Morgan fingerprint density at radius 3 is 2.19 bits per heavy atom. The van der Waals surface area contributed by atoms with Crippen LogP contribution < -0.4 is 5.73 Å². The standard InChI is InChI=1S/C14H26N2/c1-10(2)14(5-6-14)9-16-12-3-4-13(16)8-11(15)7-12/h10-13H,3-9,15H2,1-2H3. The number of rotatable bonds is 3. The summed E-state index contributed by atoms with van der Waals surface area (Å²) in [6, 6.07) is 2.14. The zero-order valence-corrected chi connectivity index (χ0v) is 10.8. The van der Waals surface area contributed by atoms with Crippen LogP contribution in [0.2, 0.25) is 0 Å². The van der Waals surface area contributed by atoms with Gasteiger partial charge in [-0.2, -0.15) is 0 Å². The highest BCUT2D eigenvalue weighted by atomic mass is 15.2. The van der Waals surface area contributed by atoms with E-state index in [1.165, 1.54) is 45.1 Å². The van der Waals surface area contributed by atoms with E-state index in [-0.39, 0.29) is 0 Å². The zero-order chi connectivity index (χ0) is 11.3. The second-order valence-corrected chi connectivity index (χ2v) is 6.81. The van der Waals surface area contributed by atoms with Gasteiger partial charge < -0.3 is 5.73 Å². The topological polar surface area (TPSA) is 29.3 Å². The molecule has 1 aliphatic carbocycles. The van der Waals surface area contributed by atoms with Crippen molar-refractivity contribution in [3.8, 4) is 0 Å². The molecule has 2 atom stereocenters. The van der Waals surface area contributed by atoms with Crippen molar-refractivity contribution < 1.29 is 0 Å². The number of hydrogen-bond acceptors (Lipinski definition) is 2. The fraction of sp³-hybridized carbons (Fsp3) is 1.00. The van der Waals surface area contributed by atoms with Crippen molar-refractivity contribution in [1.29, 1.82) is 0 Å². The maximum Gasteiger partial charge on any atom is 0.0114 e. The summed E-state index contributed by atoms with van der Waals surface area (Å²) < 4.78 is 0. The number of nitrogens with zero attached hydrogens (tertiary/aromatic N) is 1. The minimum absolute atomic E-state index is 0.489. The third-order valence-corrected chi connectivity index (χ3v) is 5.54. The van der Waals surface area contributed by atoms with Crippen LogP contribution in [-0.2, 0) is 0 Å². The Morgan fingerprint density at radius 2 is 1.75 bits per heavy atom. The second-order valence-electron chi connectivity index (χ2n) is 6.81. The molecule has 0 spiro atoms. The van der Waals surface area contributed by atoms with E-state index < -0.39 is 0 Å². The van der Waals surface area contributed by atoms with E-state index in [1.54, 1.807) is 0 Å². The average molecular weight is 222 g/mol. The Morgan fingerprint density at radius 1 is 1.19 bits per heavy atom. The smallest absolute Gasteiger partial charge is 0.0114 e. The van der Waals surface area contributed by atoms with Gasteiger partial charge in [0.1, 0.15) is 0 Å². The first kappa shape index (κ1) is 11.0. The van der Waals surface area contributed by atoms with E-state index in [2.05, 4.69) is 18.7 Å². The zero-order valence-electron chi connectivity index (χ0n) is 10.8. The minimum atomic E-state index is 0.489. The van der Waals surface area contributed by atoms with E-state index in [1.807, 2.05) is 0 Å². The molecule has 1 saturated carbocycles. The van der Waals surface area contributed by atoms with Crippen LogP contribution >= 0.6 is 0 Å². The van der Waals surface area contributed by atoms with Gasteiger partial charge in [-0.05, 0) is 49.9 Å². The lowest BCUT2D eigenvalue weighted by atomic mass is 9.89. The van der Waals surface area contributed by atoms with E-state index >= 15 is 0 Å². The molecule has 2 heteroatoms. The maximum atomic E-state index is 6.13. The van der Waals surface area contributed by atoms with Gasteiger partial charge in [-0.15, -0.1) is 0 Å². The fourth-order valence-corrected chi connectivity index (χ4v) is 4.02. The Hall–Kier alpha value is -0.0800. The van der Waals surface area contributed by atoms with Gasteiger partial charge in [-0.1, -0.05) is 13.8 Å². The number of fused-ring (bicyclic) bond motifs is 2. The van der Waals surface area contributed by atoms with Crippen molar-refractivity contribution in [2.45, 2.75) is 70.5 Å². The Bertz CT molecular complexity index is 256. The summed E-state index contributed by atoms with van der Waals surface area (Å²) in [5.74, 6) is 0.863. The van der Waals surface area contributed by atoms with Gasteiger partial charge in [0.05, 0.1) is 0 Å². The van der Waals surface area contributed by atoms with Crippen molar-refractivity contribution in [3.05, 3.63) is 0 Å². The summed E-state index contributed by atoms with van der Waals surface area (Å²) in [6.07, 6.45) is 8.26. The molecule has 0 amide bonds. The van der Waals surface area contributed by atoms with Gasteiger partial charge in [0.15, 0.2) is 0 Å². The molecule has 0 aromatic heterocycles. The van der Waals surface area contributed by atoms with Crippen molar-refractivity contribution >= 4 is 0 Å². The van der Waals surface area contributed by atoms with Crippen molar-refractivity contribution in [3.63, 3.8) is 0 Å². The summed E-state index contributed by atoms with van der Waals surface area (Å²) in [7, 11) is 0. The van der Waals surface area contributed by atoms with Gasteiger partial charge in [0, 0.05) is 24.7 Å². The molecular formula is C14H26N2. The van der Waals surface area contributed by atoms with Crippen molar-refractivity contribution in [1.82, 2.24) is 4.90 Å². The van der Waals surface area contributed by atoms with E-state index in [0.717, 1.165) is 18.0 Å². The first-order valence-electron chi connectivity index (χ1n) is 7.12. The third-order valence-electron chi connectivity index (χ3n) is 5.54. The lowest BCUT2D eigenvalue weighted by Gasteiger charge is -2.40. The van der Waals surface area contributed by atoms with Crippen LogP contribution in [0.4, 0.5) is 0 Å². The molecule has 2 bridgehead atoms. The minimum Gasteiger partial charge on any atom is -0.328 e. The van der Waals surface area contributed by atoms with Gasteiger partial charge in [0.25, 0.3) is 0 Å². The molecule has 92 valence electrons. The SMILES string of the molecule is CC(C)C1(CN2C3CCC2CC(N)C3)CC1. The normalized spacial score (nSPS) is 41.6. The summed E-state index contributed by atoms with van der Waals surface area (Å²) >= 11 is 0. The average Bonchev–Trinajstić information content (AvgIpc) is 2.94. The molecule has 3 aliphatic rings. The van der Waals surface area contributed by atoms with Crippen LogP contribution in [-0.4, -0.2) is 29.6 Å². The van der Waals surface area contributed by atoms with Gasteiger partial charge in [-0.3, -0.25) is 4.90 Å². The molecule has 2 saturated heterocycles. The first-order chi connectivity index (χ1) is 7.61. The predicted molar refractivity (Wildman–Crippen MR) is 67.2 cm³/mol. The molecule has 0 radical (unpaired) electrons. The number of hydrogen-bond donors (Lipinski definition) is 1. The van der Waals surface area contributed by atoms with Crippen LogP contribution in [0.15, 0.2) is 0 Å². The van der Waals surface area contributed by atoms with E-state index in [4.69, 9.17) is 5.73 Å². The number of nitrogens with two attached hydrogens (primary N) is 1. The Labute approximate surface area is 99.6 Å². The van der Waals surface area contributed by atoms with Crippen molar-refractivity contribution in [2.75, 3.05) is 6.54 Å². The fourth-order valence-electron chi connectivity index (χ4n) is 4.02. The molecule has 16 heavy (non-hydrogen) atoms. The third kappa shape index (κ3) is 1.70. The molecule has 2 nitrogen and oxygen atoms in total. The van der Waals surface area contributed by atoms with E-state index in [0.29, 0.717) is 11.5 Å². The molecule has 2 heterocycles.